The van der Waals surface area contributed by atoms with Crippen molar-refractivity contribution in [2.75, 3.05) is 0 Å². The average Bonchev–Trinajstić information content (AvgIpc) is 2.53. The van der Waals surface area contributed by atoms with Crippen LogP contribution >= 0.6 is 0 Å². The van der Waals surface area contributed by atoms with Gasteiger partial charge in [-0.3, -0.25) is 0 Å². The molecule has 1 nitrogen and oxygen atoms in total. The quantitative estimate of drug-likeness (QED) is 0.626. The molecule has 0 bridgehead atoms. The second kappa shape index (κ2) is 2.91. The minimum absolute atomic E-state index is 0.207. The smallest absolute Gasteiger partial charge is 0.0413 e. The van der Waals surface area contributed by atoms with Gasteiger partial charge in [0.15, 0.2) is 0 Å². The predicted octanol–water partition coefficient (Wildman–Crippen LogP) is 3.38. The Bertz CT molecular complexity index is 339. The van der Waals surface area contributed by atoms with Crippen LogP contribution in [0.2, 0.25) is 0 Å². The van der Waals surface area contributed by atoms with Crippen LogP contribution in [0, 0.1) is 5.41 Å². The van der Waals surface area contributed by atoms with Crippen LogP contribution in [-0.4, -0.2) is 4.98 Å². The summed E-state index contributed by atoms with van der Waals surface area (Å²) in [6, 6.07) is 4.17. The van der Waals surface area contributed by atoms with Crippen LogP contribution in [-0.2, 0) is 0 Å². The van der Waals surface area contributed by atoms with E-state index in [9.17, 15) is 0 Å². The lowest BCUT2D eigenvalue weighted by Crippen LogP contribution is -2.07. The van der Waals surface area contributed by atoms with E-state index in [1.54, 1.807) is 0 Å². The lowest BCUT2D eigenvalue weighted by atomic mass is 9.84. The van der Waals surface area contributed by atoms with Crippen molar-refractivity contribution in [3.05, 3.63) is 42.3 Å². The zero-order valence-corrected chi connectivity index (χ0v) is 8.17. The molecule has 1 aliphatic carbocycles. The molecule has 0 radical (unpaired) electrons. The summed E-state index contributed by atoms with van der Waals surface area (Å²) >= 11 is 0. The van der Waals surface area contributed by atoms with Gasteiger partial charge in [0.2, 0.25) is 0 Å². The third kappa shape index (κ3) is 1.74. The Morgan fingerprint density at radius 2 is 2.23 bits per heavy atom. The molecule has 1 aliphatic rings. The maximum absolute atomic E-state index is 3.24. The van der Waals surface area contributed by atoms with E-state index in [-0.39, 0.29) is 5.41 Å². The molecule has 0 amide bonds. The second-order valence-corrected chi connectivity index (χ2v) is 4.18. The van der Waals surface area contributed by atoms with Gasteiger partial charge in [-0.2, -0.15) is 0 Å². The number of aromatic nitrogens is 1. The van der Waals surface area contributed by atoms with Crippen LogP contribution in [0.5, 0.6) is 0 Å². The molecule has 0 aliphatic heterocycles. The van der Waals surface area contributed by atoms with Crippen molar-refractivity contribution in [3.8, 4) is 0 Å². The largest absolute Gasteiger partial charge is 0.361 e. The van der Waals surface area contributed by atoms with E-state index in [4.69, 9.17) is 0 Å². The maximum Gasteiger partial charge on any atom is 0.0413 e. The minimum atomic E-state index is 0.207. The van der Waals surface area contributed by atoms with Gasteiger partial charge in [0.05, 0.1) is 0 Å². The van der Waals surface area contributed by atoms with Gasteiger partial charge in [-0.25, -0.2) is 0 Å². The number of aromatic amines is 1. The molecule has 0 saturated carbocycles. The average molecular weight is 173 g/mol. The number of allylic oxidation sites excluding steroid dienone is 4. The fourth-order valence-corrected chi connectivity index (χ4v) is 1.76. The lowest BCUT2D eigenvalue weighted by Gasteiger charge is -2.21. The highest BCUT2D eigenvalue weighted by molar-refractivity contribution is 5.66. The number of hydrogen-bond donors (Lipinski definition) is 1. The standard InChI is InChI=1S/C12H15N/c1-12(2)7-3-5-10(9-12)11-6-4-8-13-11/h3-4,6-9,13H,5H2,1-2H3. The highest BCUT2D eigenvalue weighted by Crippen LogP contribution is 2.31. The van der Waals surface area contributed by atoms with Gasteiger partial charge in [0.25, 0.3) is 0 Å². The number of hydrogen-bond acceptors (Lipinski definition) is 0. The van der Waals surface area contributed by atoms with Gasteiger partial charge in [-0.05, 0) is 24.1 Å². The molecule has 1 heterocycles. The van der Waals surface area contributed by atoms with Crippen LogP contribution in [0.15, 0.2) is 36.6 Å². The van der Waals surface area contributed by atoms with Crippen LogP contribution in [0.3, 0.4) is 0 Å². The summed E-state index contributed by atoms with van der Waals surface area (Å²) in [5.41, 5.74) is 2.86. The summed E-state index contributed by atoms with van der Waals surface area (Å²) < 4.78 is 0. The van der Waals surface area contributed by atoms with Gasteiger partial charge in [0.1, 0.15) is 0 Å². The first-order valence-corrected chi connectivity index (χ1v) is 4.71. The molecule has 0 aromatic carbocycles. The van der Waals surface area contributed by atoms with Crippen molar-refractivity contribution in [1.82, 2.24) is 4.98 Å². The molecule has 0 spiro atoms. The van der Waals surface area contributed by atoms with Crippen LogP contribution in [0.4, 0.5) is 0 Å². The summed E-state index contributed by atoms with van der Waals surface area (Å²) in [4.78, 5) is 3.24. The van der Waals surface area contributed by atoms with Crippen molar-refractivity contribution in [1.29, 1.82) is 0 Å². The van der Waals surface area contributed by atoms with E-state index in [2.05, 4.69) is 43.1 Å². The first-order valence-electron chi connectivity index (χ1n) is 4.71. The molecule has 0 saturated heterocycles. The molecule has 2 rings (SSSR count). The molecule has 0 fully saturated rings. The predicted molar refractivity (Wildman–Crippen MR) is 56.3 cm³/mol. The van der Waals surface area contributed by atoms with E-state index >= 15 is 0 Å². The van der Waals surface area contributed by atoms with E-state index in [0.29, 0.717) is 0 Å². The molecular weight excluding hydrogens is 158 g/mol. The lowest BCUT2D eigenvalue weighted by molar-refractivity contribution is 0.618. The van der Waals surface area contributed by atoms with Gasteiger partial charge >= 0.3 is 0 Å². The summed E-state index contributed by atoms with van der Waals surface area (Å²) in [5, 5.41) is 0. The normalized spacial score (nSPS) is 20.0. The van der Waals surface area contributed by atoms with E-state index in [1.807, 2.05) is 12.3 Å². The molecule has 0 unspecified atom stereocenters. The van der Waals surface area contributed by atoms with Crippen molar-refractivity contribution in [3.63, 3.8) is 0 Å². The Labute approximate surface area is 79.2 Å². The van der Waals surface area contributed by atoms with Gasteiger partial charge < -0.3 is 4.98 Å². The fraction of sp³-hybridized carbons (Fsp3) is 0.333. The van der Waals surface area contributed by atoms with Crippen molar-refractivity contribution >= 4 is 5.57 Å². The van der Waals surface area contributed by atoms with E-state index in [1.165, 1.54) is 11.3 Å². The Kier molecular flexibility index (Phi) is 1.87. The molecule has 1 aromatic rings. The summed E-state index contributed by atoms with van der Waals surface area (Å²) in [5.74, 6) is 0. The Hall–Kier alpha value is -1.24. The molecule has 68 valence electrons. The van der Waals surface area contributed by atoms with Crippen LogP contribution in [0.1, 0.15) is 26.0 Å². The third-order valence-corrected chi connectivity index (χ3v) is 2.38. The monoisotopic (exact) mass is 173 g/mol. The zero-order chi connectivity index (χ0) is 9.31. The highest BCUT2D eigenvalue weighted by Gasteiger charge is 2.16. The first kappa shape index (κ1) is 8.36. The van der Waals surface area contributed by atoms with Gasteiger partial charge in [0, 0.05) is 17.3 Å². The molecule has 1 heteroatoms. The Balaban J connectivity index is 2.32. The van der Waals surface area contributed by atoms with E-state index < -0.39 is 0 Å². The summed E-state index contributed by atoms with van der Waals surface area (Å²) in [6.07, 6.45) is 9.86. The van der Waals surface area contributed by atoms with Crippen LogP contribution < -0.4 is 0 Å². The first-order chi connectivity index (χ1) is 6.17. The minimum Gasteiger partial charge on any atom is -0.361 e. The van der Waals surface area contributed by atoms with Gasteiger partial charge in [-0.15, -0.1) is 0 Å². The van der Waals surface area contributed by atoms with Gasteiger partial charge in [-0.1, -0.05) is 32.1 Å². The molecule has 1 N–H and O–H groups in total. The molecular formula is C12H15N. The maximum atomic E-state index is 3.24. The zero-order valence-electron chi connectivity index (χ0n) is 8.17. The highest BCUT2D eigenvalue weighted by atomic mass is 14.7. The number of H-pyrrole nitrogens is 1. The Morgan fingerprint density at radius 1 is 1.38 bits per heavy atom. The van der Waals surface area contributed by atoms with Crippen LogP contribution in [0.25, 0.3) is 5.57 Å². The number of nitrogens with one attached hydrogen (secondary N) is 1. The molecule has 0 atom stereocenters. The molecule has 1 aromatic heterocycles. The van der Waals surface area contributed by atoms with Crippen molar-refractivity contribution < 1.29 is 0 Å². The van der Waals surface area contributed by atoms with Crippen molar-refractivity contribution in [2.24, 2.45) is 5.41 Å². The topological polar surface area (TPSA) is 15.8 Å². The van der Waals surface area contributed by atoms with E-state index in [0.717, 1.165) is 6.42 Å². The second-order valence-electron chi connectivity index (χ2n) is 4.18. The third-order valence-electron chi connectivity index (χ3n) is 2.38. The summed E-state index contributed by atoms with van der Waals surface area (Å²) in [6.45, 7) is 4.46. The fourth-order valence-electron chi connectivity index (χ4n) is 1.76. The molecule has 13 heavy (non-hydrogen) atoms. The Morgan fingerprint density at radius 3 is 2.85 bits per heavy atom. The van der Waals surface area contributed by atoms with Crippen molar-refractivity contribution in [2.45, 2.75) is 20.3 Å². The summed E-state index contributed by atoms with van der Waals surface area (Å²) in [7, 11) is 0. The number of rotatable bonds is 1. The SMILES string of the molecule is CC1(C)C=CCC(c2ccc[nH]2)=C1.